The average molecular weight is 539 g/mol. The number of alkyl halides is 3. The summed E-state index contributed by atoms with van der Waals surface area (Å²) in [5, 5.41) is 0. The lowest BCUT2D eigenvalue weighted by molar-refractivity contribution is -0.137. The summed E-state index contributed by atoms with van der Waals surface area (Å²) in [6, 6.07) is 30.8. The van der Waals surface area contributed by atoms with Crippen molar-refractivity contribution in [2.24, 2.45) is 11.8 Å². The van der Waals surface area contributed by atoms with Crippen molar-refractivity contribution in [1.29, 1.82) is 0 Å². The molecule has 0 unspecified atom stereocenters. The van der Waals surface area contributed by atoms with Gasteiger partial charge in [-0.05, 0) is 40.5 Å². The molecule has 0 bridgehead atoms. The van der Waals surface area contributed by atoms with Crippen LogP contribution in [0.3, 0.4) is 0 Å². The molecule has 6 heteroatoms. The minimum absolute atomic E-state index is 0.0353. The monoisotopic (exact) mass is 538 g/mol. The Morgan fingerprint density at radius 3 is 2.10 bits per heavy atom. The van der Waals surface area contributed by atoms with Gasteiger partial charge in [-0.1, -0.05) is 97.1 Å². The molecular formula is C34H25F3O3. The highest BCUT2D eigenvalue weighted by atomic mass is 19.4. The molecular weight excluding hydrogens is 513 g/mol. The van der Waals surface area contributed by atoms with Crippen LogP contribution in [0.25, 0.3) is 0 Å². The number of hydrogen-bond donors (Lipinski definition) is 0. The topological polar surface area (TPSA) is 43.4 Å². The minimum atomic E-state index is -4.60. The van der Waals surface area contributed by atoms with E-state index in [1.54, 1.807) is 0 Å². The van der Waals surface area contributed by atoms with Crippen molar-refractivity contribution in [1.82, 2.24) is 0 Å². The van der Waals surface area contributed by atoms with Crippen molar-refractivity contribution < 1.29 is 27.5 Å². The van der Waals surface area contributed by atoms with Crippen LogP contribution in [0.4, 0.5) is 13.2 Å². The third kappa shape index (κ3) is 4.53. The Bertz CT molecular complexity index is 1580. The fourth-order valence-electron chi connectivity index (χ4n) is 6.30. The summed E-state index contributed by atoms with van der Waals surface area (Å²) in [6.07, 6.45) is -2.42. The largest absolute Gasteiger partial charge is 0.485 e. The predicted molar refractivity (Wildman–Crippen MR) is 145 cm³/mol. The molecule has 5 atom stereocenters. The first-order valence-corrected chi connectivity index (χ1v) is 13.1. The van der Waals surface area contributed by atoms with Crippen LogP contribution in [-0.2, 0) is 11.0 Å². The van der Waals surface area contributed by atoms with Crippen molar-refractivity contribution in [2.75, 3.05) is 0 Å². The number of ether oxygens (including phenoxy) is 1. The highest BCUT2D eigenvalue weighted by Crippen LogP contribution is 2.57. The highest BCUT2D eigenvalue weighted by Gasteiger charge is 2.51. The van der Waals surface area contributed by atoms with E-state index in [0.29, 0.717) is 11.3 Å². The van der Waals surface area contributed by atoms with E-state index in [-0.39, 0.29) is 5.56 Å². The van der Waals surface area contributed by atoms with Crippen molar-refractivity contribution in [3.63, 3.8) is 0 Å². The van der Waals surface area contributed by atoms with Crippen LogP contribution in [0.2, 0.25) is 0 Å². The first kappa shape index (κ1) is 25.8. The molecule has 4 aromatic carbocycles. The number of ketones is 1. The molecule has 4 aromatic rings. The van der Waals surface area contributed by atoms with Gasteiger partial charge in [0.1, 0.15) is 18.1 Å². The Kier molecular flexibility index (Phi) is 6.62. The molecule has 0 saturated heterocycles. The number of aldehydes is 1. The van der Waals surface area contributed by atoms with Crippen LogP contribution in [0.5, 0.6) is 5.75 Å². The van der Waals surface area contributed by atoms with Gasteiger partial charge in [0.2, 0.25) is 0 Å². The first-order chi connectivity index (χ1) is 19.4. The van der Waals surface area contributed by atoms with Crippen molar-refractivity contribution >= 4 is 12.1 Å². The minimum Gasteiger partial charge on any atom is -0.485 e. The smallest absolute Gasteiger partial charge is 0.416 e. The maximum Gasteiger partial charge on any atom is 0.416 e. The molecule has 0 amide bonds. The zero-order valence-corrected chi connectivity index (χ0v) is 21.3. The Morgan fingerprint density at radius 2 is 1.43 bits per heavy atom. The molecule has 200 valence electrons. The number of halogens is 3. The number of carbonyl (C=O) groups is 2. The number of para-hydroxylation sites is 1. The van der Waals surface area contributed by atoms with Crippen LogP contribution in [-0.4, -0.2) is 12.1 Å². The van der Waals surface area contributed by atoms with Crippen LogP contribution in [0.15, 0.2) is 121 Å². The normalized spacial score (nSPS) is 23.7. The number of hydrogen-bond acceptors (Lipinski definition) is 3. The lowest BCUT2D eigenvalue weighted by atomic mass is 9.58. The number of fused-ring (bicyclic) bond motifs is 3. The summed E-state index contributed by atoms with van der Waals surface area (Å²) >= 11 is 0. The van der Waals surface area contributed by atoms with Crippen molar-refractivity contribution in [3.05, 3.63) is 149 Å². The third-order valence-corrected chi connectivity index (χ3v) is 7.99. The van der Waals surface area contributed by atoms with E-state index in [9.17, 15) is 22.8 Å². The van der Waals surface area contributed by atoms with E-state index in [0.717, 1.165) is 35.1 Å². The molecule has 0 fully saturated rings. The summed E-state index contributed by atoms with van der Waals surface area (Å²) in [5.74, 6) is -2.18. The predicted octanol–water partition coefficient (Wildman–Crippen LogP) is 7.96. The molecule has 1 heterocycles. The van der Waals surface area contributed by atoms with Crippen LogP contribution >= 0.6 is 0 Å². The molecule has 6 rings (SSSR count). The second-order valence-electron chi connectivity index (χ2n) is 10.2. The zero-order chi connectivity index (χ0) is 27.9. The molecule has 0 spiro atoms. The molecule has 0 radical (unpaired) electrons. The van der Waals surface area contributed by atoms with E-state index in [1.165, 1.54) is 12.1 Å². The summed E-state index contributed by atoms with van der Waals surface area (Å²) in [5.41, 5.74) is 1.94. The molecule has 0 saturated carbocycles. The zero-order valence-electron chi connectivity index (χ0n) is 21.3. The van der Waals surface area contributed by atoms with E-state index >= 15 is 0 Å². The van der Waals surface area contributed by atoms with Crippen molar-refractivity contribution in [2.45, 2.75) is 24.1 Å². The van der Waals surface area contributed by atoms with Gasteiger partial charge in [-0.2, -0.15) is 13.2 Å². The Labute approximate surface area is 229 Å². The third-order valence-electron chi connectivity index (χ3n) is 7.99. The van der Waals surface area contributed by atoms with Crippen LogP contribution in [0, 0.1) is 11.8 Å². The second kappa shape index (κ2) is 10.3. The average Bonchev–Trinajstić information content (AvgIpc) is 2.99. The highest BCUT2D eigenvalue weighted by molar-refractivity contribution is 6.01. The van der Waals surface area contributed by atoms with Gasteiger partial charge in [0.05, 0.1) is 5.56 Å². The Hall–Kier alpha value is -4.45. The standard InChI is InChI=1S/C34H25F3O3/c35-34(36,37)25-15-9-14-23(18-25)32(39)31-29(21-10-3-1-4-11-21)24(20-38)19-27-30(31)26-16-7-8-17-28(26)40-33(27)22-12-5-2-6-13-22/h1-20,27,29-31,33H/t27-,29-,30-,31+,33-/m0/s1. The van der Waals surface area contributed by atoms with Crippen LogP contribution in [0.1, 0.15) is 50.6 Å². The van der Waals surface area contributed by atoms with Crippen molar-refractivity contribution in [3.8, 4) is 5.75 Å². The van der Waals surface area contributed by atoms with Gasteiger partial charge in [-0.3, -0.25) is 9.59 Å². The first-order valence-electron chi connectivity index (χ1n) is 13.1. The molecule has 0 N–H and O–H groups in total. The lowest BCUT2D eigenvalue weighted by Gasteiger charge is -2.47. The summed E-state index contributed by atoms with van der Waals surface area (Å²) < 4.78 is 47.5. The fourth-order valence-corrected chi connectivity index (χ4v) is 6.30. The van der Waals surface area contributed by atoms with Gasteiger partial charge in [-0.25, -0.2) is 0 Å². The molecule has 2 aliphatic rings. The Morgan fingerprint density at radius 1 is 0.775 bits per heavy atom. The number of benzene rings is 4. The second-order valence-corrected chi connectivity index (χ2v) is 10.2. The van der Waals surface area contributed by atoms with E-state index in [2.05, 4.69) is 0 Å². The van der Waals surface area contributed by atoms with Crippen LogP contribution < -0.4 is 4.74 Å². The maximum atomic E-state index is 14.5. The van der Waals surface area contributed by atoms with E-state index < -0.39 is 47.3 Å². The molecule has 1 aliphatic carbocycles. The van der Waals surface area contributed by atoms with Gasteiger partial charge in [0.25, 0.3) is 0 Å². The van der Waals surface area contributed by atoms with Gasteiger partial charge in [-0.15, -0.1) is 0 Å². The summed E-state index contributed by atoms with van der Waals surface area (Å²) in [6.45, 7) is 0. The number of rotatable bonds is 5. The van der Waals surface area contributed by atoms with Gasteiger partial charge < -0.3 is 4.74 Å². The van der Waals surface area contributed by atoms with Gasteiger partial charge >= 0.3 is 6.18 Å². The molecule has 0 aromatic heterocycles. The van der Waals surface area contributed by atoms with Gasteiger partial charge in [0, 0.05) is 29.2 Å². The Balaban J connectivity index is 1.59. The maximum absolute atomic E-state index is 14.5. The van der Waals surface area contributed by atoms with E-state index in [1.807, 2.05) is 91.0 Å². The quantitative estimate of drug-likeness (QED) is 0.191. The summed E-state index contributed by atoms with van der Waals surface area (Å²) in [4.78, 5) is 27.1. The number of carbonyl (C=O) groups excluding carboxylic acids is 2. The van der Waals surface area contributed by atoms with Gasteiger partial charge in [0.15, 0.2) is 5.78 Å². The summed E-state index contributed by atoms with van der Waals surface area (Å²) in [7, 11) is 0. The fraction of sp³-hybridized carbons (Fsp3) is 0.176. The molecule has 40 heavy (non-hydrogen) atoms. The number of allylic oxidation sites excluding steroid dienone is 1. The molecule has 1 aliphatic heterocycles. The SMILES string of the molecule is O=CC1=C[C@H]2[C@H](c3ccccc3O[C@H]2c2ccccc2)[C@H](C(=O)c2cccc(C(F)(F)F)c2)[C@H]1c1ccccc1. The number of Topliss-reactive ketones (excluding diaryl/α,β-unsaturated/α-hetero) is 1. The molecule has 3 nitrogen and oxygen atoms in total. The lowest BCUT2D eigenvalue weighted by Crippen LogP contribution is -2.42. The van der Waals surface area contributed by atoms with E-state index in [4.69, 9.17) is 4.74 Å².